The number of rotatable bonds is 38. The van der Waals surface area contributed by atoms with E-state index >= 15 is 0 Å². The van der Waals surface area contributed by atoms with E-state index in [0.29, 0.717) is 6.42 Å². The minimum absolute atomic E-state index is 0.173. The molecule has 56 heavy (non-hydrogen) atoms. The number of unbranched alkanes of at least 4 members (excludes halogenated alkanes) is 23. The Bertz CT molecular complexity index is 970. The van der Waals surface area contributed by atoms with Crippen LogP contribution in [0.2, 0.25) is 0 Å². The molecule has 1 saturated heterocycles. The summed E-state index contributed by atoms with van der Waals surface area (Å²) in [5.41, 5.74) is 0. The van der Waals surface area contributed by atoms with E-state index in [2.05, 4.69) is 38.2 Å². The molecule has 6 atom stereocenters. The molecule has 0 bridgehead atoms. The van der Waals surface area contributed by atoms with Crippen LogP contribution in [-0.4, -0.2) is 89.0 Å². The van der Waals surface area contributed by atoms with E-state index in [1.165, 1.54) is 116 Å². The van der Waals surface area contributed by atoms with Gasteiger partial charge in [0.15, 0.2) is 12.4 Å². The predicted octanol–water partition coefficient (Wildman–Crippen LogP) is 9.72. The average Bonchev–Trinajstić information content (AvgIpc) is 3.19. The summed E-state index contributed by atoms with van der Waals surface area (Å²) in [5.74, 6) is -0.856. The van der Waals surface area contributed by atoms with Gasteiger partial charge in [0.1, 0.15) is 31.0 Å². The fourth-order valence-corrected chi connectivity index (χ4v) is 6.91. The van der Waals surface area contributed by atoms with Crippen molar-refractivity contribution in [3.63, 3.8) is 0 Å². The van der Waals surface area contributed by atoms with E-state index < -0.39 is 49.4 Å². The number of carbonyl (C=O) groups is 2. The Morgan fingerprint density at radius 3 is 1.50 bits per heavy atom. The van der Waals surface area contributed by atoms with E-state index in [0.717, 1.165) is 51.4 Å². The molecule has 0 aromatic rings. The van der Waals surface area contributed by atoms with Gasteiger partial charge in [-0.25, -0.2) is 0 Å². The fraction of sp³-hybridized carbons (Fsp3) is 0.870. The van der Waals surface area contributed by atoms with Crippen LogP contribution in [0, 0.1) is 0 Å². The number of allylic oxidation sites excluding steroid dienone is 4. The van der Waals surface area contributed by atoms with Crippen molar-refractivity contribution >= 4 is 11.9 Å². The molecule has 328 valence electrons. The molecule has 1 aliphatic rings. The number of hydrogen-bond donors (Lipinski definition) is 4. The number of esters is 2. The molecule has 2 unspecified atom stereocenters. The Morgan fingerprint density at radius 1 is 0.536 bits per heavy atom. The Labute approximate surface area is 341 Å². The normalized spacial score (nSPS) is 20.6. The summed E-state index contributed by atoms with van der Waals surface area (Å²) in [7, 11) is 0. The highest BCUT2D eigenvalue weighted by molar-refractivity contribution is 5.70. The molecule has 1 heterocycles. The summed E-state index contributed by atoms with van der Waals surface area (Å²) >= 11 is 0. The van der Waals surface area contributed by atoms with Gasteiger partial charge in [0.05, 0.1) is 13.2 Å². The summed E-state index contributed by atoms with van der Waals surface area (Å²) < 4.78 is 22.0. The van der Waals surface area contributed by atoms with Crippen LogP contribution in [-0.2, 0) is 28.5 Å². The predicted molar refractivity (Wildman–Crippen MR) is 224 cm³/mol. The summed E-state index contributed by atoms with van der Waals surface area (Å²) in [6.45, 7) is 3.36. The van der Waals surface area contributed by atoms with E-state index in [1.807, 2.05) is 0 Å². The monoisotopic (exact) mass is 797 g/mol. The van der Waals surface area contributed by atoms with E-state index in [-0.39, 0.29) is 32.0 Å². The second-order valence-corrected chi connectivity index (χ2v) is 15.8. The van der Waals surface area contributed by atoms with Crippen LogP contribution in [0.3, 0.4) is 0 Å². The van der Waals surface area contributed by atoms with E-state index in [1.54, 1.807) is 0 Å². The molecule has 1 rings (SSSR count). The quantitative estimate of drug-likeness (QED) is 0.0270. The van der Waals surface area contributed by atoms with Gasteiger partial charge in [-0.05, 0) is 44.9 Å². The molecule has 10 heteroatoms. The highest BCUT2D eigenvalue weighted by Gasteiger charge is 2.44. The molecule has 1 aliphatic heterocycles. The molecule has 0 aromatic carbocycles. The van der Waals surface area contributed by atoms with Gasteiger partial charge in [0.25, 0.3) is 0 Å². The Kier molecular flexibility index (Phi) is 34.9. The highest BCUT2D eigenvalue weighted by Crippen LogP contribution is 2.22. The third kappa shape index (κ3) is 28.6. The molecule has 1 fully saturated rings. The number of hydrogen-bond acceptors (Lipinski definition) is 10. The number of carbonyl (C=O) groups excluding carboxylic acids is 2. The van der Waals surface area contributed by atoms with Crippen LogP contribution in [0.15, 0.2) is 24.3 Å². The van der Waals surface area contributed by atoms with Gasteiger partial charge in [0.2, 0.25) is 0 Å². The smallest absolute Gasteiger partial charge is 0.306 e. The van der Waals surface area contributed by atoms with E-state index in [4.69, 9.17) is 18.9 Å². The topological polar surface area (TPSA) is 152 Å². The summed E-state index contributed by atoms with van der Waals surface area (Å²) in [6, 6.07) is 0. The molecule has 0 saturated carbocycles. The van der Waals surface area contributed by atoms with Crippen LogP contribution in [0.4, 0.5) is 0 Å². The lowest BCUT2D eigenvalue weighted by molar-refractivity contribution is -0.305. The maximum atomic E-state index is 12.7. The lowest BCUT2D eigenvalue weighted by Crippen LogP contribution is -2.59. The van der Waals surface area contributed by atoms with Crippen molar-refractivity contribution in [1.82, 2.24) is 0 Å². The largest absolute Gasteiger partial charge is 0.462 e. The maximum Gasteiger partial charge on any atom is 0.306 e. The van der Waals surface area contributed by atoms with Crippen molar-refractivity contribution in [3.8, 4) is 0 Å². The van der Waals surface area contributed by atoms with Gasteiger partial charge in [-0.1, -0.05) is 167 Å². The van der Waals surface area contributed by atoms with Crippen LogP contribution >= 0.6 is 0 Å². The van der Waals surface area contributed by atoms with Gasteiger partial charge < -0.3 is 39.4 Å². The average molecular weight is 797 g/mol. The van der Waals surface area contributed by atoms with Crippen LogP contribution in [0.1, 0.15) is 200 Å². The molecule has 0 aliphatic carbocycles. The third-order valence-electron chi connectivity index (χ3n) is 10.6. The van der Waals surface area contributed by atoms with E-state index in [9.17, 15) is 30.0 Å². The standard InChI is InChI=1S/C46H84O10/c1-3-5-7-9-11-13-14-15-16-17-18-19-20-21-22-23-24-25-26-27-29-31-33-35-42(49)55-39(37-53-41(48)34-32-30-28-12-10-8-6-4-2)38-54-46-45(52)44(51)43(50)40(36-47)56-46/h23-24,27,29,39-40,43-47,50-52H,3-22,25-26,28,30-38H2,1-2H3/b24-23+,29-27+/t39-,40-,43+,44?,45?,46-/m1/s1. The zero-order valence-corrected chi connectivity index (χ0v) is 35.6. The molecule has 4 N–H and O–H groups in total. The molecular weight excluding hydrogens is 712 g/mol. The Balaban J connectivity index is 2.27. The van der Waals surface area contributed by atoms with Crippen molar-refractivity contribution in [2.75, 3.05) is 19.8 Å². The van der Waals surface area contributed by atoms with Crippen molar-refractivity contribution in [3.05, 3.63) is 24.3 Å². The second kappa shape index (κ2) is 37.5. The highest BCUT2D eigenvalue weighted by atomic mass is 16.7. The molecular formula is C46H84O10. The minimum Gasteiger partial charge on any atom is -0.462 e. The van der Waals surface area contributed by atoms with Gasteiger partial charge in [-0.3, -0.25) is 9.59 Å². The molecule has 0 spiro atoms. The number of aliphatic hydroxyl groups is 4. The van der Waals surface area contributed by atoms with Gasteiger partial charge in [-0.2, -0.15) is 0 Å². The molecule has 0 radical (unpaired) electrons. The van der Waals surface area contributed by atoms with Crippen molar-refractivity contribution < 1.29 is 49.0 Å². The first-order valence-electron chi connectivity index (χ1n) is 22.9. The SMILES string of the molecule is CCCCCCCCCCCCCCCC/C=C/CC/C=C/CCCC(=O)O[C@H](COC(=O)CCCCCCCCCC)CO[C@@H]1O[C@H](CO)[C@H](O)C(O)C1O. The first-order valence-corrected chi connectivity index (χ1v) is 22.9. The first-order chi connectivity index (χ1) is 27.3. The van der Waals surface area contributed by atoms with Gasteiger partial charge >= 0.3 is 11.9 Å². The Hall–Kier alpha value is -1.82. The van der Waals surface area contributed by atoms with Crippen LogP contribution in [0.25, 0.3) is 0 Å². The van der Waals surface area contributed by atoms with Crippen molar-refractivity contribution in [1.29, 1.82) is 0 Å². The molecule has 10 nitrogen and oxygen atoms in total. The van der Waals surface area contributed by atoms with Gasteiger partial charge in [-0.15, -0.1) is 0 Å². The molecule has 0 aromatic heterocycles. The lowest BCUT2D eigenvalue weighted by Gasteiger charge is -2.39. The zero-order chi connectivity index (χ0) is 40.9. The minimum atomic E-state index is -1.60. The summed E-state index contributed by atoms with van der Waals surface area (Å²) in [6.07, 6.45) is 33.7. The Morgan fingerprint density at radius 2 is 0.982 bits per heavy atom. The van der Waals surface area contributed by atoms with Gasteiger partial charge in [0, 0.05) is 12.8 Å². The number of aliphatic hydroxyl groups excluding tert-OH is 4. The van der Waals surface area contributed by atoms with Crippen LogP contribution < -0.4 is 0 Å². The second-order valence-electron chi connectivity index (χ2n) is 15.8. The van der Waals surface area contributed by atoms with Crippen molar-refractivity contribution in [2.45, 2.75) is 237 Å². The maximum absolute atomic E-state index is 12.7. The fourth-order valence-electron chi connectivity index (χ4n) is 6.91. The first kappa shape index (κ1) is 52.2. The summed E-state index contributed by atoms with van der Waals surface area (Å²) in [5, 5.41) is 40.0. The zero-order valence-electron chi connectivity index (χ0n) is 35.6. The number of ether oxygens (including phenoxy) is 4. The third-order valence-corrected chi connectivity index (χ3v) is 10.6. The van der Waals surface area contributed by atoms with Crippen molar-refractivity contribution in [2.24, 2.45) is 0 Å². The summed E-state index contributed by atoms with van der Waals surface area (Å²) in [4.78, 5) is 25.2. The lowest BCUT2D eigenvalue weighted by atomic mass is 9.99. The molecule has 0 amide bonds. The van der Waals surface area contributed by atoms with Crippen LogP contribution in [0.5, 0.6) is 0 Å².